The number of hydrogen-bond acceptors (Lipinski definition) is 7. The molecule has 0 aliphatic heterocycles. The number of phenolic OH excluding ortho intramolecular Hbond substituents is 1. The molecule has 2 rings (SSSR count). The highest BCUT2D eigenvalue weighted by Gasteiger charge is 2.36. The first-order chi connectivity index (χ1) is 10.6. The minimum Gasteiger partial charge on any atom is -0.507 e. The fourth-order valence-electron chi connectivity index (χ4n) is 2.42. The number of ether oxygens (including phenoxy) is 1. The minimum atomic E-state index is -1.61. The topological polar surface area (TPSA) is 120 Å². The van der Waals surface area contributed by atoms with Gasteiger partial charge in [-0.05, 0) is 20.8 Å². The van der Waals surface area contributed by atoms with E-state index in [4.69, 9.17) is 9.15 Å². The van der Waals surface area contributed by atoms with Crippen molar-refractivity contribution in [1.29, 1.82) is 0 Å². The maximum absolute atomic E-state index is 12.1. The molecule has 0 aliphatic carbocycles. The van der Waals surface area contributed by atoms with E-state index in [1.807, 2.05) is 0 Å². The third-order valence-corrected chi connectivity index (χ3v) is 3.64. The summed E-state index contributed by atoms with van der Waals surface area (Å²) in [4.78, 5) is 12.1. The SMILES string of the molecule is COc1cc(O)c2c(=O)cc(C)oc2c1[C@H](O)[C@@H](O)C(C)(C)O. The molecule has 7 heteroatoms. The van der Waals surface area contributed by atoms with Crippen molar-refractivity contribution in [3.05, 3.63) is 33.7 Å². The number of hydrogen-bond donors (Lipinski definition) is 4. The Hall–Kier alpha value is -2.09. The summed E-state index contributed by atoms with van der Waals surface area (Å²) in [5.41, 5.74) is -2.22. The van der Waals surface area contributed by atoms with Crippen LogP contribution >= 0.6 is 0 Å². The number of fused-ring (bicyclic) bond motifs is 1. The van der Waals surface area contributed by atoms with Gasteiger partial charge in [0.15, 0.2) is 11.0 Å². The van der Waals surface area contributed by atoms with E-state index in [9.17, 15) is 25.2 Å². The second kappa shape index (κ2) is 5.84. The number of benzene rings is 1. The average Bonchev–Trinajstić information content (AvgIpc) is 2.43. The Balaban J connectivity index is 2.85. The molecule has 0 saturated carbocycles. The molecule has 2 aromatic rings. The number of phenols is 1. The van der Waals surface area contributed by atoms with Gasteiger partial charge in [-0.15, -0.1) is 0 Å². The number of aliphatic hydroxyl groups is 3. The molecular formula is C16H20O7. The Morgan fingerprint density at radius 3 is 2.39 bits per heavy atom. The van der Waals surface area contributed by atoms with Crippen molar-refractivity contribution < 1.29 is 29.6 Å². The van der Waals surface area contributed by atoms with Crippen LogP contribution in [-0.2, 0) is 0 Å². The van der Waals surface area contributed by atoms with E-state index >= 15 is 0 Å². The molecule has 4 N–H and O–H groups in total. The van der Waals surface area contributed by atoms with Crippen molar-refractivity contribution in [2.45, 2.75) is 38.6 Å². The Labute approximate surface area is 132 Å². The lowest BCUT2D eigenvalue weighted by atomic mass is 9.91. The van der Waals surface area contributed by atoms with Crippen molar-refractivity contribution in [2.75, 3.05) is 7.11 Å². The Kier molecular flexibility index (Phi) is 4.39. The minimum absolute atomic E-state index is 0.0178. The van der Waals surface area contributed by atoms with Crippen LogP contribution in [0.15, 0.2) is 21.3 Å². The van der Waals surface area contributed by atoms with E-state index in [-0.39, 0.29) is 33.8 Å². The molecule has 1 aromatic carbocycles. The zero-order chi connectivity index (χ0) is 17.5. The van der Waals surface area contributed by atoms with Crippen molar-refractivity contribution in [3.63, 3.8) is 0 Å². The standard InChI is InChI=1S/C16H20O7/c1-7-5-8(17)11-9(18)6-10(22-4)12(14(11)23-7)13(19)15(20)16(2,3)21/h5-6,13,15,18-21H,1-4H3/t13-,15+/m0/s1. The van der Waals surface area contributed by atoms with E-state index in [0.29, 0.717) is 0 Å². The van der Waals surface area contributed by atoms with Crippen molar-refractivity contribution in [2.24, 2.45) is 0 Å². The second-order valence-electron chi connectivity index (χ2n) is 5.98. The monoisotopic (exact) mass is 324 g/mol. The lowest BCUT2D eigenvalue weighted by Crippen LogP contribution is -2.40. The number of aromatic hydroxyl groups is 1. The zero-order valence-electron chi connectivity index (χ0n) is 13.3. The Morgan fingerprint density at radius 1 is 1.26 bits per heavy atom. The summed E-state index contributed by atoms with van der Waals surface area (Å²) >= 11 is 0. The van der Waals surface area contributed by atoms with E-state index in [1.54, 1.807) is 6.92 Å². The molecule has 0 saturated heterocycles. The summed E-state index contributed by atoms with van der Waals surface area (Å²) in [6.45, 7) is 4.20. The van der Waals surface area contributed by atoms with Gasteiger partial charge >= 0.3 is 0 Å². The van der Waals surface area contributed by atoms with Crippen LogP contribution in [0.25, 0.3) is 11.0 Å². The predicted molar refractivity (Wildman–Crippen MR) is 82.7 cm³/mol. The smallest absolute Gasteiger partial charge is 0.196 e. The average molecular weight is 324 g/mol. The third kappa shape index (κ3) is 3.03. The molecule has 0 fully saturated rings. The normalized spacial score (nSPS) is 14.7. The fourth-order valence-corrected chi connectivity index (χ4v) is 2.42. The molecule has 0 aliphatic rings. The van der Waals surface area contributed by atoms with Gasteiger partial charge in [0.1, 0.15) is 34.9 Å². The molecule has 0 radical (unpaired) electrons. The highest BCUT2D eigenvalue weighted by atomic mass is 16.5. The Bertz CT molecular complexity index is 786. The van der Waals surface area contributed by atoms with Gasteiger partial charge in [0.25, 0.3) is 0 Å². The van der Waals surface area contributed by atoms with Crippen LogP contribution in [0.3, 0.4) is 0 Å². The van der Waals surface area contributed by atoms with Gasteiger partial charge in [0.05, 0.1) is 18.3 Å². The van der Waals surface area contributed by atoms with Crippen LogP contribution in [0.5, 0.6) is 11.5 Å². The van der Waals surface area contributed by atoms with Gasteiger partial charge in [-0.3, -0.25) is 4.79 Å². The summed E-state index contributed by atoms with van der Waals surface area (Å²) in [5.74, 6) is -0.0693. The zero-order valence-corrected chi connectivity index (χ0v) is 13.3. The van der Waals surface area contributed by atoms with Crippen LogP contribution in [0.1, 0.15) is 31.3 Å². The molecule has 23 heavy (non-hydrogen) atoms. The quantitative estimate of drug-likeness (QED) is 0.661. The molecule has 1 heterocycles. The Morgan fingerprint density at radius 2 is 1.87 bits per heavy atom. The number of aliphatic hydroxyl groups excluding tert-OH is 2. The van der Waals surface area contributed by atoms with E-state index in [0.717, 1.165) is 6.07 Å². The van der Waals surface area contributed by atoms with Gasteiger partial charge < -0.3 is 29.6 Å². The molecule has 7 nitrogen and oxygen atoms in total. The lowest BCUT2D eigenvalue weighted by molar-refractivity contribution is -0.107. The summed E-state index contributed by atoms with van der Waals surface area (Å²) < 4.78 is 10.6. The first-order valence-corrected chi connectivity index (χ1v) is 7.00. The van der Waals surface area contributed by atoms with Crippen LogP contribution in [-0.4, -0.2) is 39.2 Å². The van der Waals surface area contributed by atoms with Crippen LogP contribution in [0, 0.1) is 6.92 Å². The highest BCUT2D eigenvalue weighted by Crippen LogP contribution is 2.40. The summed E-state index contributed by atoms with van der Waals surface area (Å²) in [5, 5.41) is 40.5. The fraction of sp³-hybridized carbons (Fsp3) is 0.438. The van der Waals surface area contributed by atoms with E-state index < -0.39 is 23.2 Å². The third-order valence-electron chi connectivity index (χ3n) is 3.64. The summed E-state index contributed by atoms with van der Waals surface area (Å²) in [6, 6.07) is 2.36. The van der Waals surface area contributed by atoms with Crippen molar-refractivity contribution >= 4 is 11.0 Å². The van der Waals surface area contributed by atoms with E-state index in [1.165, 1.54) is 27.0 Å². The van der Waals surface area contributed by atoms with Crippen LogP contribution in [0.4, 0.5) is 0 Å². The summed E-state index contributed by atoms with van der Waals surface area (Å²) in [6.07, 6.45) is -3.17. The van der Waals surface area contributed by atoms with Gasteiger partial charge in [-0.25, -0.2) is 0 Å². The molecule has 0 spiro atoms. The van der Waals surface area contributed by atoms with Crippen molar-refractivity contribution in [3.8, 4) is 11.5 Å². The molecule has 2 atom stereocenters. The van der Waals surface area contributed by atoms with Crippen LogP contribution in [0.2, 0.25) is 0 Å². The predicted octanol–water partition coefficient (Wildman–Crippen LogP) is 0.981. The lowest BCUT2D eigenvalue weighted by Gasteiger charge is -2.29. The van der Waals surface area contributed by atoms with Gasteiger partial charge in [-0.2, -0.15) is 0 Å². The largest absolute Gasteiger partial charge is 0.507 e. The molecule has 0 amide bonds. The molecule has 0 unspecified atom stereocenters. The maximum atomic E-state index is 12.1. The van der Waals surface area contributed by atoms with Crippen LogP contribution < -0.4 is 10.2 Å². The highest BCUT2D eigenvalue weighted by molar-refractivity contribution is 5.88. The maximum Gasteiger partial charge on any atom is 0.196 e. The first kappa shape index (κ1) is 17.3. The van der Waals surface area contributed by atoms with Gasteiger partial charge in [0, 0.05) is 12.1 Å². The molecule has 126 valence electrons. The first-order valence-electron chi connectivity index (χ1n) is 7.00. The number of rotatable bonds is 4. The molecule has 0 bridgehead atoms. The number of methoxy groups -OCH3 is 1. The summed E-state index contributed by atoms with van der Waals surface area (Å²) in [7, 11) is 1.31. The van der Waals surface area contributed by atoms with Crippen molar-refractivity contribution in [1.82, 2.24) is 0 Å². The van der Waals surface area contributed by atoms with E-state index in [2.05, 4.69) is 0 Å². The molecular weight excluding hydrogens is 304 g/mol. The number of aryl methyl sites for hydroxylation is 1. The van der Waals surface area contributed by atoms with Gasteiger partial charge in [-0.1, -0.05) is 0 Å². The van der Waals surface area contributed by atoms with Gasteiger partial charge in [0.2, 0.25) is 0 Å². The second-order valence-corrected chi connectivity index (χ2v) is 5.98. The molecule has 1 aromatic heterocycles.